The Morgan fingerprint density at radius 2 is 1.85 bits per heavy atom. The van der Waals surface area contributed by atoms with E-state index in [1.165, 1.54) is 0 Å². The number of hydrogen-bond acceptors (Lipinski definition) is 4. The quantitative estimate of drug-likeness (QED) is 0.926. The van der Waals surface area contributed by atoms with Crippen LogP contribution in [-0.2, 0) is 11.2 Å². The predicted octanol–water partition coefficient (Wildman–Crippen LogP) is 2.28. The van der Waals surface area contributed by atoms with E-state index in [1.54, 1.807) is 25.6 Å². The molecule has 2 rings (SSSR count). The van der Waals surface area contributed by atoms with Crippen molar-refractivity contribution in [2.75, 3.05) is 12.4 Å². The highest BCUT2D eigenvalue weighted by Gasteiger charge is 2.11. The summed E-state index contributed by atoms with van der Waals surface area (Å²) in [6.45, 7) is 4.02. The summed E-state index contributed by atoms with van der Waals surface area (Å²) >= 11 is 0. The number of benzene rings is 1. The second-order valence-corrected chi connectivity index (χ2v) is 4.55. The van der Waals surface area contributed by atoms with Gasteiger partial charge in [0.15, 0.2) is 0 Å². The van der Waals surface area contributed by atoms with E-state index < -0.39 is 0 Å². The highest BCUT2D eigenvalue weighted by molar-refractivity contribution is 5.91. The summed E-state index contributed by atoms with van der Waals surface area (Å²) in [6.07, 6.45) is 3.39. The number of carbonyl (C=O) groups is 1. The maximum Gasteiger partial charge on any atom is 0.231 e. The van der Waals surface area contributed by atoms with Gasteiger partial charge in [0.2, 0.25) is 11.9 Å². The zero-order chi connectivity index (χ0) is 14.5. The van der Waals surface area contributed by atoms with Gasteiger partial charge in [-0.25, -0.2) is 9.97 Å². The van der Waals surface area contributed by atoms with Crippen LogP contribution < -0.4 is 10.1 Å². The zero-order valence-electron chi connectivity index (χ0n) is 11.8. The molecule has 1 aromatic heterocycles. The minimum atomic E-state index is -0.169. The van der Waals surface area contributed by atoms with Crippen molar-refractivity contribution in [2.24, 2.45) is 0 Å². The second-order valence-electron chi connectivity index (χ2n) is 4.55. The van der Waals surface area contributed by atoms with Crippen LogP contribution in [0.1, 0.15) is 16.7 Å². The van der Waals surface area contributed by atoms with Crippen LogP contribution >= 0.6 is 0 Å². The molecule has 1 heterocycles. The van der Waals surface area contributed by atoms with Gasteiger partial charge in [0.1, 0.15) is 5.75 Å². The molecule has 0 aliphatic rings. The highest BCUT2D eigenvalue weighted by atomic mass is 16.5. The Hall–Kier alpha value is -2.43. The van der Waals surface area contributed by atoms with Gasteiger partial charge < -0.3 is 4.74 Å². The lowest BCUT2D eigenvalue weighted by molar-refractivity contribution is -0.115. The Labute approximate surface area is 118 Å². The first-order valence-electron chi connectivity index (χ1n) is 6.31. The topological polar surface area (TPSA) is 64.1 Å². The van der Waals surface area contributed by atoms with Crippen molar-refractivity contribution in [2.45, 2.75) is 20.3 Å². The van der Waals surface area contributed by atoms with Crippen LogP contribution in [0, 0.1) is 13.8 Å². The number of nitrogens with zero attached hydrogens (tertiary/aromatic N) is 2. The van der Waals surface area contributed by atoms with Gasteiger partial charge in [-0.15, -0.1) is 0 Å². The molecule has 5 heteroatoms. The Morgan fingerprint density at radius 1 is 1.20 bits per heavy atom. The molecule has 0 aliphatic carbocycles. The van der Waals surface area contributed by atoms with Gasteiger partial charge in [0, 0.05) is 18.0 Å². The average Bonchev–Trinajstić information content (AvgIpc) is 2.43. The Kier molecular flexibility index (Phi) is 4.30. The number of nitrogens with one attached hydrogen (secondary N) is 1. The van der Waals surface area contributed by atoms with E-state index in [4.69, 9.17) is 4.74 Å². The molecular formula is C15H17N3O2. The first kappa shape index (κ1) is 14.0. The van der Waals surface area contributed by atoms with Crippen molar-refractivity contribution in [3.05, 3.63) is 47.3 Å². The van der Waals surface area contributed by atoms with E-state index in [-0.39, 0.29) is 12.3 Å². The first-order chi connectivity index (χ1) is 9.60. The molecule has 0 atom stereocenters. The molecule has 0 bridgehead atoms. The first-order valence-corrected chi connectivity index (χ1v) is 6.31. The predicted molar refractivity (Wildman–Crippen MR) is 76.8 cm³/mol. The molecule has 1 aromatic carbocycles. The third-order valence-electron chi connectivity index (χ3n) is 3.06. The Morgan fingerprint density at radius 3 is 2.50 bits per heavy atom. The molecule has 0 unspecified atom stereocenters. The smallest absolute Gasteiger partial charge is 0.231 e. The minimum Gasteiger partial charge on any atom is -0.496 e. The van der Waals surface area contributed by atoms with Crippen LogP contribution in [-0.4, -0.2) is 23.0 Å². The van der Waals surface area contributed by atoms with Crippen molar-refractivity contribution in [3.8, 4) is 5.75 Å². The number of carbonyl (C=O) groups excluding carboxylic acids is 1. The molecule has 0 fully saturated rings. The van der Waals surface area contributed by atoms with Crippen molar-refractivity contribution in [3.63, 3.8) is 0 Å². The molecule has 1 N–H and O–H groups in total. The summed E-state index contributed by atoms with van der Waals surface area (Å²) in [5.41, 5.74) is 3.12. The largest absolute Gasteiger partial charge is 0.496 e. The lowest BCUT2D eigenvalue weighted by atomic mass is 10.0. The van der Waals surface area contributed by atoms with Gasteiger partial charge in [-0.05, 0) is 37.1 Å². The van der Waals surface area contributed by atoms with Crippen LogP contribution in [0.3, 0.4) is 0 Å². The molecule has 20 heavy (non-hydrogen) atoms. The molecule has 5 nitrogen and oxygen atoms in total. The SMILES string of the molecule is COc1cc(C)c(C)cc1CC(=O)Nc1ncccn1. The molecule has 1 amide bonds. The molecule has 104 valence electrons. The van der Waals surface area contributed by atoms with Gasteiger partial charge in [0.25, 0.3) is 0 Å². The van der Waals surface area contributed by atoms with Crippen LogP contribution in [0.2, 0.25) is 0 Å². The summed E-state index contributed by atoms with van der Waals surface area (Å²) < 4.78 is 5.32. The van der Waals surface area contributed by atoms with Crippen molar-refractivity contribution < 1.29 is 9.53 Å². The second kappa shape index (κ2) is 6.14. The standard InChI is InChI=1S/C15H17N3O2/c1-10-7-12(13(20-3)8-11(10)2)9-14(19)18-15-16-5-4-6-17-15/h4-8H,9H2,1-3H3,(H,16,17,18,19). The third kappa shape index (κ3) is 3.32. The van der Waals surface area contributed by atoms with Gasteiger partial charge in [-0.3, -0.25) is 10.1 Å². The van der Waals surface area contributed by atoms with E-state index in [1.807, 2.05) is 26.0 Å². The van der Waals surface area contributed by atoms with Crippen LogP contribution in [0.5, 0.6) is 5.75 Å². The molecule has 2 aromatic rings. The van der Waals surface area contributed by atoms with E-state index in [0.29, 0.717) is 5.95 Å². The summed E-state index contributed by atoms with van der Waals surface area (Å²) in [7, 11) is 1.60. The summed E-state index contributed by atoms with van der Waals surface area (Å²) in [5.74, 6) is 0.857. The number of aromatic nitrogens is 2. The van der Waals surface area contributed by atoms with Gasteiger partial charge in [-0.2, -0.15) is 0 Å². The number of amides is 1. The molecule has 0 saturated carbocycles. The number of aryl methyl sites for hydroxylation is 2. The lowest BCUT2D eigenvalue weighted by Crippen LogP contribution is -2.16. The summed E-state index contributed by atoms with van der Waals surface area (Å²) in [5, 5.41) is 2.66. The maximum atomic E-state index is 12.0. The van der Waals surface area contributed by atoms with E-state index in [9.17, 15) is 4.79 Å². The monoisotopic (exact) mass is 271 g/mol. The molecule has 0 saturated heterocycles. The number of rotatable bonds is 4. The van der Waals surface area contributed by atoms with E-state index in [0.717, 1.165) is 22.4 Å². The number of ether oxygens (including phenoxy) is 1. The molecule has 0 aliphatic heterocycles. The highest BCUT2D eigenvalue weighted by Crippen LogP contribution is 2.23. The molecular weight excluding hydrogens is 254 g/mol. The average molecular weight is 271 g/mol. The summed E-state index contributed by atoms with van der Waals surface area (Å²) in [4.78, 5) is 19.9. The molecule has 0 spiro atoms. The van der Waals surface area contributed by atoms with Crippen molar-refractivity contribution in [1.29, 1.82) is 0 Å². The lowest BCUT2D eigenvalue weighted by Gasteiger charge is -2.11. The fraction of sp³-hybridized carbons (Fsp3) is 0.267. The zero-order valence-corrected chi connectivity index (χ0v) is 11.8. The normalized spacial score (nSPS) is 10.2. The van der Waals surface area contributed by atoms with E-state index in [2.05, 4.69) is 15.3 Å². The van der Waals surface area contributed by atoms with Gasteiger partial charge in [-0.1, -0.05) is 6.07 Å². The van der Waals surface area contributed by atoms with E-state index >= 15 is 0 Å². The Balaban J connectivity index is 2.13. The van der Waals surface area contributed by atoms with Crippen LogP contribution in [0.4, 0.5) is 5.95 Å². The number of anilines is 1. The third-order valence-corrected chi connectivity index (χ3v) is 3.06. The van der Waals surface area contributed by atoms with Crippen molar-refractivity contribution in [1.82, 2.24) is 9.97 Å². The van der Waals surface area contributed by atoms with Gasteiger partial charge >= 0.3 is 0 Å². The summed E-state index contributed by atoms with van der Waals surface area (Å²) in [6, 6.07) is 5.61. The van der Waals surface area contributed by atoms with Crippen LogP contribution in [0.25, 0.3) is 0 Å². The maximum absolute atomic E-state index is 12.0. The molecule has 0 radical (unpaired) electrons. The van der Waals surface area contributed by atoms with Crippen LogP contribution in [0.15, 0.2) is 30.6 Å². The minimum absolute atomic E-state index is 0.169. The fourth-order valence-corrected chi connectivity index (χ4v) is 1.88. The van der Waals surface area contributed by atoms with Gasteiger partial charge in [0.05, 0.1) is 13.5 Å². The Bertz CT molecular complexity index is 612. The van der Waals surface area contributed by atoms with Crippen molar-refractivity contribution >= 4 is 11.9 Å². The number of hydrogen-bond donors (Lipinski definition) is 1. The fourth-order valence-electron chi connectivity index (χ4n) is 1.88. The number of methoxy groups -OCH3 is 1.